The van der Waals surface area contributed by atoms with Gasteiger partial charge in [0.15, 0.2) is 0 Å². The summed E-state index contributed by atoms with van der Waals surface area (Å²) in [5, 5.41) is 0. The van der Waals surface area contributed by atoms with E-state index in [1.165, 1.54) is 22.5 Å². The number of aryl methyl sites for hydroxylation is 2. The average molecular weight is 268 g/mol. The minimum absolute atomic E-state index is 0.594. The zero-order valence-electron chi connectivity index (χ0n) is 11.2. The third-order valence-electron chi connectivity index (χ3n) is 3.33. The molecule has 0 saturated carbocycles. The molecule has 3 aromatic rings. The number of hydrogen-bond acceptors (Lipinski definition) is 0. The van der Waals surface area contributed by atoms with Crippen LogP contribution in [0.25, 0.3) is 11.4 Å². The second kappa shape index (κ2) is 4.99. The fourth-order valence-corrected chi connectivity index (χ4v) is 3.47. The van der Waals surface area contributed by atoms with Gasteiger partial charge >= 0.3 is 8.51 Å². The van der Waals surface area contributed by atoms with Gasteiger partial charge in [0.05, 0.1) is 0 Å². The molecule has 1 aromatic heterocycles. The average Bonchev–Trinajstić information content (AvgIpc) is 2.89. The van der Waals surface area contributed by atoms with E-state index in [2.05, 4.69) is 83.4 Å². The van der Waals surface area contributed by atoms with Crippen molar-refractivity contribution in [2.24, 2.45) is 0 Å². The predicted octanol–water partition coefficient (Wildman–Crippen LogP) is 2.89. The van der Waals surface area contributed by atoms with E-state index in [-0.39, 0.29) is 0 Å². The Morgan fingerprint density at radius 3 is 1.53 bits per heavy atom. The number of hydrogen-bond donors (Lipinski definition) is 0. The first-order chi connectivity index (χ1) is 9.25. The van der Waals surface area contributed by atoms with Crippen LogP contribution in [-0.4, -0.2) is 0 Å². The third kappa shape index (κ3) is 2.32. The fraction of sp³-hybridized carbons (Fsp3) is 0.125. The van der Waals surface area contributed by atoms with Gasteiger partial charge in [-0.1, -0.05) is 36.4 Å². The first kappa shape index (κ1) is 12.1. The first-order valence-corrected chi connectivity index (χ1v) is 7.29. The highest BCUT2D eigenvalue weighted by atomic mass is 31.1. The maximum absolute atomic E-state index is 2.31. The summed E-state index contributed by atoms with van der Waals surface area (Å²) in [5.41, 5.74) is 5.19. The summed E-state index contributed by atoms with van der Waals surface area (Å²) >= 11 is 0. The van der Waals surface area contributed by atoms with Crippen molar-refractivity contribution < 1.29 is 8.66 Å². The van der Waals surface area contributed by atoms with Gasteiger partial charge in [-0.2, -0.15) is 0 Å². The summed E-state index contributed by atoms with van der Waals surface area (Å²) in [6, 6.07) is 17.0. The number of rotatable bonds is 2. The van der Waals surface area contributed by atoms with Crippen LogP contribution in [-0.2, 0) is 0 Å². The summed E-state index contributed by atoms with van der Waals surface area (Å²) in [4.78, 5) is 0. The molecule has 1 heterocycles. The Hall–Kier alpha value is -1.92. The predicted molar refractivity (Wildman–Crippen MR) is 78.5 cm³/mol. The monoisotopic (exact) mass is 268 g/mol. The van der Waals surface area contributed by atoms with Crippen molar-refractivity contribution in [2.75, 3.05) is 0 Å². The second-order valence-corrected chi connectivity index (χ2v) is 5.87. The minimum atomic E-state index is 0.594. The molecule has 3 heteroatoms. The quantitative estimate of drug-likeness (QED) is 0.675. The van der Waals surface area contributed by atoms with Gasteiger partial charge in [0, 0.05) is 23.3 Å². The molecule has 3 rings (SSSR count). The van der Waals surface area contributed by atoms with Crippen LogP contribution in [0.1, 0.15) is 11.1 Å². The molecule has 0 saturated heterocycles. The van der Waals surface area contributed by atoms with Gasteiger partial charge in [-0.3, -0.25) is 0 Å². The van der Waals surface area contributed by atoms with Crippen LogP contribution in [0.5, 0.6) is 0 Å². The standard InChI is InChI=1S/C16H17N2P/c1-13-7-3-5-9-15(13)17-11-12-18(19-17)16-10-6-4-8-14(16)2/h3-12,19H,1-2H3/q+2. The molecule has 19 heavy (non-hydrogen) atoms. The molecular formula is C16H17N2P+2. The van der Waals surface area contributed by atoms with E-state index in [0.717, 1.165) is 0 Å². The Morgan fingerprint density at radius 2 is 1.11 bits per heavy atom. The van der Waals surface area contributed by atoms with Crippen LogP contribution in [0, 0.1) is 13.8 Å². The summed E-state index contributed by atoms with van der Waals surface area (Å²) in [6.45, 7) is 4.31. The van der Waals surface area contributed by atoms with Gasteiger partial charge in [0.1, 0.15) is 0 Å². The lowest BCUT2D eigenvalue weighted by atomic mass is 10.2. The topological polar surface area (TPSA) is 7.76 Å². The van der Waals surface area contributed by atoms with E-state index in [9.17, 15) is 0 Å². The van der Waals surface area contributed by atoms with Crippen LogP contribution in [0.3, 0.4) is 0 Å². The van der Waals surface area contributed by atoms with Crippen LogP contribution in [0.4, 0.5) is 0 Å². The Kier molecular flexibility index (Phi) is 3.18. The van der Waals surface area contributed by atoms with Crippen LogP contribution < -0.4 is 8.66 Å². The van der Waals surface area contributed by atoms with Crippen LogP contribution in [0.2, 0.25) is 0 Å². The molecule has 0 atom stereocenters. The van der Waals surface area contributed by atoms with E-state index in [1.807, 2.05) is 0 Å². The Labute approximate surface area is 115 Å². The van der Waals surface area contributed by atoms with Crippen molar-refractivity contribution >= 4 is 8.51 Å². The molecule has 0 radical (unpaired) electrons. The fourth-order valence-electron chi connectivity index (χ4n) is 2.25. The molecule has 0 aliphatic rings. The maximum Gasteiger partial charge on any atom is 0.399 e. The molecule has 0 N–H and O–H groups in total. The summed E-state index contributed by atoms with van der Waals surface area (Å²) in [5.74, 6) is 0. The molecule has 0 unspecified atom stereocenters. The number of benzene rings is 2. The van der Waals surface area contributed by atoms with Crippen molar-refractivity contribution in [3.63, 3.8) is 0 Å². The third-order valence-corrected chi connectivity index (χ3v) is 4.54. The first-order valence-electron chi connectivity index (χ1n) is 6.40. The highest BCUT2D eigenvalue weighted by Crippen LogP contribution is 2.11. The van der Waals surface area contributed by atoms with E-state index < -0.39 is 0 Å². The SMILES string of the molecule is Cc1ccccc1-[n+]1cc[n+](-c2ccccc2C)[pH]1. The molecule has 0 fully saturated rings. The van der Waals surface area contributed by atoms with E-state index >= 15 is 0 Å². The lowest BCUT2D eigenvalue weighted by Gasteiger charge is -1.95. The number of aromatic nitrogens is 2. The highest BCUT2D eigenvalue weighted by molar-refractivity contribution is 7.12. The molecule has 94 valence electrons. The molecule has 0 aliphatic carbocycles. The summed E-state index contributed by atoms with van der Waals surface area (Å²) in [7, 11) is 0.594. The molecular weight excluding hydrogens is 251 g/mol. The van der Waals surface area contributed by atoms with E-state index in [4.69, 9.17) is 0 Å². The molecule has 0 spiro atoms. The van der Waals surface area contributed by atoms with E-state index in [0.29, 0.717) is 8.51 Å². The summed E-state index contributed by atoms with van der Waals surface area (Å²) < 4.78 is 4.61. The smallest absolute Gasteiger partial charge is 0.103 e. The lowest BCUT2D eigenvalue weighted by Crippen LogP contribution is -2.29. The minimum Gasteiger partial charge on any atom is -0.103 e. The largest absolute Gasteiger partial charge is 0.399 e. The van der Waals surface area contributed by atoms with Crippen molar-refractivity contribution in [1.82, 2.24) is 0 Å². The zero-order chi connectivity index (χ0) is 13.2. The van der Waals surface area contributed by atoms with Crippen molar-refractivity contribution in [3.8, 4) is 11.4 Å². The Balaban J connectivity index is 2.06. The molecule has 0 aliphatic heterocycles. The van der Waals surface area contributed by atoms with Crippen LogP contribution >= 0.6 is 8.51 Å². The second-order valence-electron chi connectivity index (χ2n) is 4.71. The zero-order valence-corrected chi connectivity index (χ0v) is 12.2. The lowest BCUT2D eigenvalue weighted by molar-refractivity contribution is -0.562. The van der Waals surface area contributed by atoms with Gasteiger partial charge < -0.3 is 0 Å². The summed E-state index contributed by atoms with van der Waals surface area (Å²) in [6.07, 6.45) is 4.32. The van der Waals surface area contributed by atoms with Crippen molar-refractivity contribution in [2.45, 2.75) is 13.8 Å². The Bertz CT molecular complexity index is 656. The molecule has 0 bridgehead atoms. The molecule has 2 aromatic carbocycles. The van der Waals surface area contributed by atoms with E-state index in [1.54, 1.807) is 0 Å². The molecule has 0 amide bonds. The maximum atomic E-state index is 2.31. The van der Waals surface area contributed by atoms with Gasteiger partial charge in [-0.15, -0.1) is 8.66 Å². The highest BCUT2D eigenvalue weighted by Gasteiger charge is 2.19. The van der Waals surface area contributed by atoms with Crippen molar-refractivity contribution in [3.05, 3.63) is 72.1 Å². The Morgan fingerprint density at radius 1 is 0.684 bits per heavy atom. The number of para-hydroxylation sites is 2. The normalized spacial score (nSPS) is 10.6. The number of nitrogens with zero attached hydrogens (tertiary/aromatic N) is 2. The van der Waals surface area contributed by atoms with Gasteiger partial charge in [0.2, 0.25) is 23.8 Å². The van der Waals surface area contributed by atoms with Crippen molar-refractivity contribution in [1.29, 1.82) is 0 Å². The van der Waals surface area contributed by atoms with Gasteiger partial charge in [0.25, 0.3) is 0 Å². The van der Waals surface area contributed by atoms with Crippen LogP contribution in [0.15, 0.2) is 60.9 Å². The van der Waals surface area contributed by atoms with Gasteiger partial charge in [-0.05, 0) is 13.8 Å². The molecule has 2 nitrogen and oxygen atoms in total. The van der Waals surface area contributed by atoms with Gasteiger partial charge in [-0.25, -0.2) is 0 Å².